The number of nitrogens with zero attached hydrogens (tertiary/aromatic N) is 2. The van der Waals surface area contributed by atoms with Gasteiger partial charge < -0.3 is 9.15 Å². The van der Waals surface area contributed by atoms with Crippen LogP contribution >= 0.6 is 0 Å². The van der Waals surface area contributed by atoms with E-state index in [1.54, 1.807) is 37.6 Å². The molecule has 0 saturated carbocycles. The fourth-order valence-corrected chi connectivity index (χ4v) is 4.57. The minimum atomic E-state index is -3.49. The molecule has 0 fully saturated rings. The Morgan fingerprint density at radius 1 is 1.06 bits per heavy atom. The molecule has 0 radical (unpaired) electrons. The van der Waals surface area contributed by atoms with E-state index >= 15 is 0 Å². The molecular formula is C25H22N4O6S. The highest BCUT2D eigenvalue weighted by Crippen LogP contribution is 2.42. The van der Waals surface area contributed by atoms with E-state index in [2.05, 4.69) is 14.9 Å². The zero-order valence-corrected chi connectivity index (χ0v) is 20.3. The summed E-state index contributed by atoms with van der Waals surface area (Å²) in [6.45, 7) is 0. The molecule has 0 saturated heterocycles. The highest BCUT2D eigenvalue weighted by atomic mass is 32.2. The molecule has 184 valence electrons. The van der Waals surface area contributed by atoms with Crippen LogP contribution in [0.4, 0.5) is 0 Å². The Balaban J connectivity index is 1.73. The van der Waals surface area contributed by atoms with E-state index in [-0.39, 0.29) is 0 Å². The average Bonchev–Trinajstić information content (AvgIpc) is 3.51. The van der Waals surface area contributed by atoms with E-state index in [0.717, 1.165) is 29.4 Å². The lowest BCUT2D eigenvalue weighted by atomic mass is 9.96. The van der Waals surface area contributed by atoms with Crippen LogP contribution in [-0.4, -0.2) is 37.0 Å². The summed E-state index contributed by atoms with van der Waals surface area (Å²) in [5, 5.41) is 4.11. The molecule has 2 aromatic heterocycles. The molecule has 0 atom stereocenters. The molecular weight excluding hydrogens is 484 g/mol. The Kier molecular flexibility index (Phi) is 5.84. The maximum Gasteiger partial charge on any atom is 0.332 e. The second-order valence-corrected chi connectivity index (χ2v) is 10.1. The van der Waals surface area contributed by atoms with Crippen molar-refractivity contribution >= 4 is 15.7 Å². The van der Waals surface area contributed by atoms with Crippen LogP contribution in [0, 0.1) is 0 Å². The first-order chi connectivity index (χ1) is 17.2. The van der Waals surface area contributed by atoms with Gasteiger partial charge >= 0.3 is 5.69 Å². The third-order valence-electron chi connectivity index (χ3n) is 5.88. The van der Waals surface area contributed by atoms with Crippen molar-refractivity contribution in [2.45, 2.75) is 12.8 Å². The van der Waals surface area contributed by atoms with Crippen molar-refractivity contribution in [3.63, 3.8) is 0 Å². The maximum absolute atomic E-state index is 12.6. The first-order valence-corrected chi connectivity index (χ1v) is 12.9. The van der Waals surface area contributed by atoms with Crippen LogP contribution in [0.1, 0.15) is 17.5 Å². The van der Waals surface area contributed by atoms with Gasteiger partial charge in [-0.05, 0) is 54.3 Å². The summed E-state index contributed by atoms with van der Waals surface area (Å²) in [6.07, 6.45) is 5.34. The van der Waals surface area contributed by atoms with Crippen molar-refractivity contribution in [2.24, 2.45) is 5.10 Å². The van der Waals surface area contributed by atoms with E-state index in [4.69, 9.17) is 9.15 Å². The number of nitrogens with one attached hydrogen (secondary N) is 2. The predicted octanol–water partition coefficient (Wildman–Crippen LogP) is 2.66. The minimum absolute atomic E-state index is 0.492. The fraction of sp³-hybridized carbons (Fsp3) is 0.160. The van der Waals surface area contributed by atoms with Gasteiger partial charge in [0.25, 0.3) is 5.56 Å². The number of aryl methyl sites for hydroxylation is 1. The van der Waals surface area contributed by atoms with E-state index < -0.39 is 21.3 Å². The Morgan fingerprint density at radius 3 is 2.56 bits per heavy atom. The topological polar surface area (TPSA) is 136 Å². The van der Waals surface area contributed by atoms with Gasteiger partial charge in [-0.2, -0.15) is 5.10 Å². The zero-order chi connectivity index (χ0) is 25.4. The number of H-pyrrole nitrogens is 1. The normalized spacial score (nSPS) is 14.1. The van der Waals surface area contributed by atoms with Gasteiger partial charge in [0.05, 0.1) is 36.6 Å². The lowest BCUT2D eigenvalue weighted by molar-refractivity contribution is 0.416. The molecule has 0 aliphatic heterocycles. The molecule has 0 amide bonds. The monoisotopic (exact) mass is 506 g/mol. The third-order valence-corrected chi connectivity index (χ3v) is 6.30. The number of rotatable bonds is 6. The van der Waals surface area contributed by atoms with Crippen LogP contribution in [0.5, 0.6) is 5.75 Å². The van der Waals surface area contributed by atoms with Gasteiger partial charge in [0.15, 0.2) is 0 Å². The van der Waals surface area contributed by atoms with Crippen LogP contribution in [0.25, 0.3) is 28.1 Å². The van der Waals surface area contributed by atoms with Gasteiger partial charge in [-0.1, -0.05) is 12.1 Å². The fourth-order valence-electron chi connectivity index (χ4n) is 4.29. The first kappa shape index (κ1) is 23.4. The number of hydrazone groups is 1. The molecule has 2 heterocycles. The van der Waals surface area contributed by atoms with Crippen LogP contribution in [0.2, 0.25) is 0 Å². The van der Waals surface area contributed by atoms with Gasteiger partial charge in [-0.3, -0.25) is 14.3 Å². The molecule has 0 bridgehead atoms. The number of ether oxygens (including phenoxy) is 1. The van der Waals surface area contributed by atoms with Gasteiger partial charge in [0.2, 0.25) is 10.0 Å². The minimum Gasteiger partial charge on any atom is -0.495 e. The quantitative estimate of drug-likeness (QED) is 0.386. The summed E-state index contributed by atoms with van der Waals surface area (Å²) in [7, 11) is -1.94. The molecule has 11 heteroatoms. The lowest BCUT2D eigenvalue weighted by Crippen LogP contribution is -2.27. The smallest absolute Gasteiger partial charge is 0.332 e. The summed E-state index contributed by atoms with van der Waals surface area (Å²) < 4.78 is 35.9. The van der Waals surface area contributed by atoms with Crippen LogP contribution < -0.4 is 20.8 Å². The second-order valence-electron chi connectivity index (χ2n) is 8.33. The van der Waals surface area contributed by atoms with Crippen molar-refractivity contribution in [3.05, 3.63) is 93.0 Å². The molecule has 0 spiro atoms. The molecule has 2 aromatic carbocycles. The molecule has 10 nitrogen and oxygen atoms in total. The largest absolute Gasteiger partial charge is 0.495 e. The number of aromatic amines is 1. The molecule has 1 aliphatic carbocycles. The predicted molar refractivity (Wildman–Crippen MR) is 135 cm³/mol. The number of fused-ring (bicyclic) bond motifs is 1. The third kappa shape index (κ3) is 4.48. The molecule has 36 heavy (non-hydrogen) atoms. The number of hydrogen-bond donors (Lipinski definition) is 2. The van der Waals surface area contributed by atoms with Crippen LogP contribution in [-0.2, 0) is 16.4 Å². The Bertz CT molecular complexity index is 1720. The van der Waals surface area contributed by atoms with E-state index in [1.807, 2.05) is 18.2 Å². The Labute approximate surface area is 205 Å². The molecule has 0 unspecified atom stereocenters. The number of benzene rings is 2. The SMILES string of the molecule is COc1c(-c2ccc3c(c2)/C(=N/NS(C)(=O)=O)CC3)cc(-n2ccc(=O)[nH]c2=O)cc1-c1ccco1. The highest BCUT2D eigenvalue weighted by Gasteiger charge is 2.22. The lowest BCUT2D eigenvalue weighted by Gasteiger charge is -2.17. The number of methoxy groups -OCH3 is 1. The first-order valence-electron chi connectivity index (χ1n) is 11.0. The van der Waals surface area contributed by atoms with Gasteiger partial charge in [-0.15, -0.1) is 0 Å². The maximum atomic E-state index is 12.6. The van der Waals surface area contributed by atoms with Crippen LogP contribution in [0.15, 0.2) is 80.1 Å². The summed E-state index contributed by atoms with van der Waals surface area (Å²) in [4.78, 5) is 28.7. The van der Waals surface area contributed by atoms with Crippen molar-refractivity contribution in [1.82, 2.24) is 14.4 Å². The average molecular weight is 507 g/mol. The summed E-state index contributed by atoms with van der Waals surface area (Å²) in [5.74, 6) is 1.06. The Hall–Kier alpha value is -4.38. The number of aromatic nitrogens is 2. The number of sulfonamides is 1. The van der Waals surface area contributed by atoms with Crippen molar-refractivity contribution in [1.29, 1.82) is 0 Å². The molecule has 2 N–H and O–H groups in total. The zero-order valence-electron chi connectivity index (χ0n) is 19.4. The number of furan rings is 1. The molecule has 5 rings (SSSR count). The Morgan fingerprint density at radius 2 is 1.86 bits per heavy atom. The van der Waals surface area contributed by atoms with E-state index in [9.17, 15) is 18.0 Å². The van der Waals surface area contributed by atoms with Crippen molar-refractivity contribution < 1.29 is 17.6 Å². The second kappa shape index (κ2) is 9.00. The molecule has 1 aliphatic rings. The standard InChI is InChI=1S/C25H22N4O6S/c1-34-24-19(16-6-5-15-7-8-21(18(15)12-16)27-28-36(2,32)33)13-17(14-20(24)22-4-3-11-35-22)29-10-9-23(30)26-25(29)31/h3-6,9-14,28H,7-8H2,1-2H3,(H,26,30,31)/b27-21+. The van der Waals surface area contributed by atoms with Gasteiger partial charge in [0, 0.05) is 23.4 Å². The van der Waals surface area contributed by atoms with Crippen molar-refractivity contribution in [2.75, 3.05) is 13.4 Å². The summed E-state index contributed by atoms with van der Waals surface area (Å²) in [6, 6.07) is 14.2. The van der Waals surface area contributed by atoms with E-state index in [0.29, 0.717) is 40.5 Å². The number of hydrogen-bond acceptors (Lipinski definition) is 7. The van der Waals surface area contributed by atoms with Crippen LogP contribution in [0.3, 0.4) is 0 Å². The van der Waals surface area contributed by atoms with Gasteiger partial charge in [-0.25, -0.2) is 18.0 Å². The summed E-state index contributed by atoms with van der Waals surface area (Å²) >= 11 is 0. The summed E-state index contributed by atoms with van der Waals surface area (Å²) in [5.41, 5.74) is 3.98. The molecule has 4 aromatic rings. The van der Waals surface area contributed by atoms with Gasteiger partial charge in [0.1, 0.15) is 11.5 Å². The highest BCUT2D eigenvalue weighted by molar-refractivity contribution is 7.88. The van der Waals surface area contributed by atoms with Crippen molar-refractivity contribution in [3.8, 4) is 33.9 Å². The van der Waals surface area contributed by atoms with E-state index in [1.165, 1.54) is 16.8 Å².